The molecule has 0 saturated heterocycles. The van der Waals surface area contributed by atoms with Crippen LogP contribution < -0.4 is 15.7 Å². The number of rotatable bonds is 5. The molecule has 4 rings (SSSR count). The molecule has 0 fully saturated rings. The molecule has 3 heteroatoms. The number of nitrogens with one attached hydrogen (secondary N) is 1. The maximum absolute atomic E-state index is 5.14. The van der Waals surface area contributed by atoms with Crippen LogP contribution in [0, 0.1) is 13.8 Å². The summed E-state index contributed by atoms with van der Waals surface area (Å²) in [5, 5.41) is 6.36. The number of nitrogens with zero attached hydrogens (tertiary/aromatic N) is 1. The maximum Gasteiger partial charge on any atom is 0.137 e. The highest BCUT2D eigenvalue weighted by Crippen LogP contribution is 2.31. The quantitative estimate of drug-likeness (QED) is 0.244. The van der Waals surface area contributed by atoms with Crippen LogP contribution in [0.2, 0.25) is 0 Å². The van der Waals surface area contributed by atoms with Gasteiger partial charge in [-0.15, -0.1) is 0 Å². The van der Waals surface area contributed by atoms with E-state index in [9.17, 15) is 0 Å². The summed E-state index contributed by atoms with van der Waals surface area (Å²) in [4.78, 5) is 5.14. The van der Waals surface area contributed by atoms with Crippen LogP contribution in [-0.2, 0) is 0 Å². The molecular formula is C27H25N2P. The van der Waals surface area contributed by atoms with Crippen LogP contribution in [0.1, 0.15) is 16.7 Å². The van der Waals surface area contributed by atoms with Crippen LogP contribution in [-0.4, -0.2) is 5.84 Å². The second-order valence-corrected chi connectivity index (χ2v) is 9.11. The largest absolute Gasteiger partial charge is 0.341 e. The highest BCUT2D eigenvalue weighted by Gasteiger charge is 2.17. The molecule has 0 aliphatic carbocycles. The van der Waals surface area contributed by atoms with Crippen molar-refractivity contribution in [2.75, 3.05) is 0 Å². The van der Waals surface area contributed by atoms with E-state index in [2.05, 4.69) is 122 Å². The fourth-order valence-electron chi connectivity index (χ4n) is 3.38. The molecule has 0 radical (unpaired) electrons. The van der Waals surface area contributed by atoms with Crippen molar-refractivity contribution < 1.29 is 0 Å². The predicted molar refractivity (Wildman–Crippen MR) is 131 cm³/mol. The lowest BCUT2D eigenvalue weighted by molar-refractivity contribution is 1.30. The fraction of sp³-hybridized carbons (Fsp3) is 0.0741. The number of hydrogen-bond donors (Lipinski definition) is 1. The Morgan fingerprint density at radius 2 is 1.07 bits per heavy atom. The minimum atomic E-state index is -0.810. The molecule has 2 nitrogen and oxygen atoms in total. The molecule has 0 aliphatic heterocycles. The van der Waals surface area contributed by atoms with Gasteiger partial charge < -0.3 is 5.09 Å². The maximum atomic E-state index is 5.14. The minimum Gasteiger partial charge on any atom is -0.341 e. The SMILES string of the molecule is Cc1cccc(C)c1/N=C(\NP(c1ccccc1)c1ccccc1)c1ccccc1. The van der Waals surface area contributed by atoms with Crippen molar-refractivity contribution in [3.05, 3.63) is 126 Å². The monoisotopic (exact) mass is 408 g/mol. The normalized spacial score (nSPS) is 11.5. The third-order valence-corrected chi connectivity index (χ3v) is 7.02. The van der Waals surface area contributed by atoms with Gasteiger partial charge in [0.05, 0.1) is 13.8 Å². The van der Waals surface area contributed by atoms with E-state index in [1.807, 2.05) is 6.07 Å². The van der Waals surface area contributed by atoms with Crippen molar-refractivity contribution in [3.63, 3.8) is 0 Å². The van der Waals surface area contributed by atoms with E-state index >= 15 is 0 Å². The van der Waals surface area contributed by atoms with E-state index in [0.29, 0.717) is 0 Å². The molecule has 4 aromatic carbocycles. The summed E-state index contributed by atoms with van der Waals surface area (Å²) in [6, 6.07) is 38.0. The van der Waals surface area contributed by atoms with Gasteiger partial charge in [-0.25, -0.2) is 4.99 Å². The van der Waals surface area contributed by atoms with Crippen LogP contribution in [0.25, 0.3) is 0 Å². The highest BCUT2D eigenvalue weighted by atomic mass is 31.1. The molecule has 0 atom stereocenters. The molecule has 0 aliphatic rings. The van der Waals surface area contributed by atoms with E-state index < -0.39 is 8.07 Å². The van der Waals surface area contributed by atoms with Crippen LogP contribution in [0.4, 0.5) is 5.69 Å². The summed E-state index contributed by atoms with van der Waals surface area (Å²) < 4.78 is 0. The van der Waals surface area contributed by atoms with Gasteiger partial charge in [-0.2, -0.15) is 0 Å². The number of benzene rings is 4. The molecule has 148 valence electrons. The highest BCUT2D eigenvalue weighted by molar-refractivity contribution is 7.71. The smallest absolute Gasteiger partial charge is 0.137 e. The molecule has 4 aromatic rings. The van der Waals surface area contributed by atoms with E-state index in [0.717, 1.165) is 17.1 Å². The third kappa shape index (κ3) is 4.67. The lowest BCUT2D eigenvalue weighted by atomic mass is 10.1. The second-order valence-electron chi connectivity index (χ2n) is 7.19. The molecule has 0 unspecified atom stereocenters. The number of amidine groups is 1. The average molecular weight is 408 g/mol. The molecule has 0 aromatic heterocycles. The summed E-state index contributed by atoms with van der Waals surface area (Å²) in [7, 11) is -0.810. The number of para-hydroxylation sites is 1. The van der Waals surface area contributed by atoms with Gasteiger partial charge in [-0.3, -0.25) is 0 Å². The lowest BCUT2D eigenvalue weighted by Gasteiger charge is -2.22. The molecular weight excluding hydrogens is 383 g/mol. The zero-order chi connectivity index (χ0) is 20.8. The zero-order valence-corrected chi connectivity index (χ0v) is 18.2. The fourth-order valence-corrected chi connectivity index (χ4v) is 5.27. The number of aliphatic imine (C=N–C) groups is 1. The molecule has 1 N–H and O–H groups in total. The molecule has 0 bridgehead atoms. The van der Waals surface area contributed by atoms with Crippen molar-refractivity contribution >= 4 is 30.2 Å². The van der Waals surface area contributed by atoms with Crippen LogP contribution in [0.15, 0.2) is 114 Å². The van der Waals surface area contributed by atoms with Gasteiger partial charge in [0.25, 0.3) is 0 Å². The predicted octanol–water partition coefficient (Wildman–Crippen LogP) is 6.02. The Bertz CT molecular complexity index is 1060. The first-order valence-corrected chi connectivity index (χ1v) is 11.4. The zero-order valence-electron chi connectivity index (χ0n) is 17.3. The summed E-state index contributed by atoms with van der Waals surface area (Å²) in [6.45, 7) is 4.23. The molecule has 0 spiro atoms. The second kappa shape index (κ2) is 9.52. The van der Waals surface area contributed by atoms with Crippen molar-refractivity contribution in [1.82, 2.24) is 5.09 Å². The number of hydrogen-bond acceptors (Lipinski definition) is 1. The first-order chi connectivity index (χ1) is 14.7. The van der Waals surface area contributed by atoms with Crippen molar-refractivity contribution in [2.24, 2.45) is 4.99 Å². The van der Waals surface area contributed by atoms with E-state index in [1.54, 1.807) is 0 Å². The third-order valence-electron chi connectivity index (χ3n) is 4.96. The molecule has 0 saturated carbocycles. The topological polar surface area (TPSA) is 24.4 Å². The Morgan fingerprint density at radius 3 is 1.57 bits per heavy atom. The lowest BCUT2D eigenvalue weighted by Crippen LogP contribution is -2.29. The van der Waals surface area contributed by atoms with Gasteiger partial charge in [0.2, 0.25) is 0 Å². The van der Waals surface area contributed by atoms with Gasteiger partial charge in [0.15, 0.2) is 0 Å². The van der Waals surface area contributed by atoms with Crippen molar-refractivity contribution in [1.29, 1.82) is 0 Å². The molecule has 0 heterocycles. The van der Waals surface area contributed by atoms with Crippen LogP contribution in [0.3, 0.4) is 0 Å². The van der Waals surface area contributed by atoms with Gasteiger partial charge in [0.1, 0.15) is 5.84 Å². The Kier molecular flexibility index (Phi) is 6.37. The van der Waals surface area contributed by atoms with Crippen molar-refractivity contribution in [3.8, 4) is 0 Å². The van der Waals surface area contributed by atoms with Gasteiger partial charge in [-0.05, 0) is 25.0 Å². The summed E-state index contributed by atoms with van der Waals surface area (Å²) in [5.74, 6) is 0.895. The first-order valence-electron chi connectivity index (χ1n) is 10.1. The van der Waals surface area contributed by atoms with Gasteiger partial charge >= 0.3 is 0 Å². The summed E-state index contributed by atoms with van der Waals surface area (Å²) in [5.41, 5.74) is 4.46. The summed E-state index contributed by atoms with van der Waals surface area (Å²) >= 11 is 0. The average Bonchev–Trinajstić information content (AvgIpc) is 2.80. The van der Waals surface area contributed by atoms with Crippen LogP contribution >= 0.6 is 8.07 Å². The first kappa shape index (κ1) is 20.1. The van der Waals surface area contributed by atoms with Gasteiger partial charge in [0, 0.05) is 16.2 Å². The number of aryl methyl sites for hydroxylation is 2. The minimum absolute atomic E-state index is 0.810. The Hall–Kier alpha value is -3.22. The standard InChI is InChI=1S/C27H25N2P/c1-21-13-12-14-22(2)26(21)28-27(23-15-6-3-7-16-23)29-30(24-17-8-4-9-18-24)25-19-10-5-11-20-25/h3-20H,1-2H3,(H,28,29). The Balaban J connectivity index is 1.83. The summed E-state index contributed by atoms with van der Waals surface area (Å²) in [6.07, 6.45) is 0. The molecule has 0 amide bonds. The van der Waals surface area contributed by atoms with Crippen molar-refractivity contribution in [2.45, 2.75) is 13.8 Å². The van der Waals surface area contributed by atoms with E-state index in [1.165, 1.54) is 21.7 Å². The van der Waals surface area contributed by atoms with Crippen LogP contribution in [0.5, 0.6) is 0 Å². The Labute approximate surface area is 180 Å². The van der Waals surface area contributed by atoms with E-state index in [4.69, 9.17) is 4.99 Å². The van der Waals surface area contributed by atoms with Gasteiger partial charge in [-0.1, -0.05) is 109 Å². The molecule has 30 heavy (non-hydrogen) atoms. The Morgan fingerprint density at radius 1 is 0.600 bits per heavy atom. The van der Waals surface area contributed by atoms with E-state index in [-0.39, 0.29) is 0 Å².